The topological polar surface area (TPSA) is 111 Å². The van der Waals surface area contributed by atoms with E-state index in [1.54, 1.807) is 0 Å². The summed E-state index contributed by atoms with van der Waals surface area (Å²) in [6.07, 6.45) is 38.0. The summed E-state index contributed by atoms with van der Waals surface area (Å²) in [5, 5.41) is 0. The van der Waals surface area contributed by atoms with Gasteiger partial charge in [-0.2, -0.15) is 0 Å². The number of carbonyl (C=O) groups is 2. The largest absolute Gasteiger partial charge is 0.756 e. The molecule has 54 heavy (non-hydrogen) atoms. The molecule has 0 saturated heterocycles. The average Bonchev–Trinajstić information content (AvgIpc) is 3.12. The molecule has 0 aliphatic heterocycles. The molecule has 0 saturated carbocycles. The standard InChI is InChI=1S/C44H84NO8P/c1-6-8-10-12-14-16-18-20-22-24-26-28-30-32-34-36-43(46)50-40-42(41-52-54(48,49)51-39-38-45(3,4)5)53-44(47)37-35-33-31-29-27-25-23-21-19-17-15-13-11-9-7-2/h7,20,22,42H,2,6,8-19,21,23-41H2,1,3-5H3/b22-20+/t42-/m1/s1. The summed E-state index contributed by atoms with van der Waals surface area (Å²) in [6.45, 7) is 5.74. The number of ether oxygens (including phenoxy) is 2. The Balaban J connectivity index is 4.34. The van der Waals surface area contributed by atoms with Gasteiger partial charge in [-0.05, 0) is 51.4 Å². The Morgan fingerprint density at radius 2 is 1.04 bits per heavy atom. The molecule has 0 N–H and O–H groups in total. The number of unbranched alkanes of at least 4 members (excludes halogenated alkanes) is 24. The molecule has 0 fully saturated rings. The molecule has 0 aliphatic rings. The van der Waals surface area contributed by atoms with Crippen LogP contribution >= 0.6 is 7.82 Å². The highest BCUT2D eigenvalue weighted by molar-refractivity contribution is 7.45. The van der Waals surface area contributed by atoms with Crippen molar-refractivity contribution in [3.05, 3.63) is 24.8 Å². The van der Waals surface area contributed by atoms with Crippen LogP contribution in [0, 0.1) is 0 Å². The van der Waals surface area contributed by atoms with Gasteiger partial charge < -0.3 is 27.9 Å². The number of likely N-dealkylation sites (N-methyl/N-ethyl adjacent to an activating group) is 1. The van der Waals surface area contributed by atoms with Crippen molar-refractivity contribution < 1.29 is 42.1 Å². The predicted molar refractivity (Wildman–Crippen MR) is 222 cm³/mol. The fraction of sp³-hybridized carbons (Fsp3) is 0.864. The number of rotatable bonds is 41. The molecule has 0 aromatic carbocycles. The van der Waals surface area contributed by atoms with E-state index in [1.165, 1.54) is 103 Å². The third kappa shape index (κ3) is 40.2. The summed E-state index contributed by atoms with van der Waals surface area (Å²) >= 11 is 0. The van der Waals surface area contributed by atoms with E-state index in [4.69, 9.17) is 18.5 Å². The zero-order chi connectivity index (χ0) is 40.0. The lowest BCUT2D eigenvalue weighted by atomic mass is 10.0. The second-order valence-corrected chi connectivity index (χ2v) is 17.6. The second-order valence-electron chi connectivity index (χ2n) is 16.1. The van der Waals surface area contributed by atoms with Gasteiger partial charge in [0.15, 0.2) is 6.10 Å². The van der Waals surface area contributed by atoms with Crippen molar-refractivity contribution >= 4 is 19.8 Å². The van der Waals surface area contributed by atoms with Gasteiger partial charge in [0.25, 0.3) is 7.82 Å². The number of nitrogens with zero attached hydrogens (tertiary/aromatic N) is 1. The highest BCUT2D eigenvalue weighted by atomic mass is 31.2. The number of allylic oxidation sites excluding steroid dienone is 3. The molecule has 0 aromatic heterocycles. The van der Waals surface area contributed by atoms with Crippen molar-refractivity contribution in [3.63, 3.8) is 0 Å². The molecule has 318 valence electrons. The van der Waals surface area contributed by atoms with Gasteiger partial charge in [-0.3, -0.25) is 14.2 Å². The van der Waals surface area contributed by atoms with Crippen molar-refractivity contribution in [3.8, 4) is 0 Å². The minimum Gasteiger partial charge on any atom is -0.756 e. The quantitative estimate of drug-likeness (QED) is 0.0198. The molecule has 0 heterocycles. The first-order valence-corrected chi connectivity index (χ1v) is 23.5. The molecular formula is C44H84NO8P. The lowest BCUT2D eigenvalue weighted by molar-refractivity contribution is -0.870. The smallest absolute Gasteiger partial charge is 0.306 e. The number of phosphoric ester groups is 1. The van der Waals surface area contributed by atoms with Crippen LogP contribution in [0.4, 0.5) is 0 Å². The predicted octanol–water partition coefficient (Wildman–Crippen LogP) is 11.7. The van der Waals surface area contributed by atoms with Gasteiger partial charge in [0.2, 0.25) is 0 Å². The van der Waals surface area contributed by atoms with E-state index in [1.807, 2.05) is 27.2 Å². The van der Waals surface area contributed by atoms with Crippen molar-refractivity contribution in [2.24, 2.45) is 0 Å². The van der Waals surface area contributed by atoms with Gasteiger partial charge in [0, 0.05) is 12.8 Å². The molecule has 10 heteroatoms. The first-order chi connectivity index (χ1) is 26.0. The highest BCUT2D eigenvalue weighted by Gasteiger charge is 2.21. The monoisotopic (exact) mass is 786 g/mol. The number of hydrogen-bond donors (Lipinski definition) is 0. The fourth-order valence-corrected chi connectivity index (χ4v) is 6.83. The summed E-state index contributed by atoms with van der Waals surface area (Å²) in [4.78, 5) is 37.5. The maximum atomic E-state index is 12.7. The van der Waals surface area contributed by atoms with Crippen LogP contribution in [-0.4, -0.2) is 70.0 Å². The number of carbonyl (C=O) groups excluding carboxylic acids is 2. The Labute approximate surface area is 332 Å². The Morgan fingerprint density at radius 3 is 1.50 bits per heavy atom. The summed E-state index contributed by atoms with van der Waals surface area (Å²) in [5.74, 6) is -0.842. The van der Waals surface area contributed by atoms with Gasteiger partial charge >= 0.3 is 11.9 Å². The summed E-state index contributed by atoms with van der Waals surface area (Å²) in [5.41, 5.74) is 0. The van der Waals surface area contributed by atoms with Crippen LogP contribution in [-0.2, 0) is 32.7 Å². The Kier molecular flexibility index (Phi) is 36.1. The third-order valence-corrected chi connectivity index (χ3v) is 10.6. The lowest BCUT2D eigenvalue weighted by Crippen LogP contribution is -2.37. The number of hydrogen-bond acceptors (Lipinski definition) is 8. The van der Waals surface area contributed by atoms with Crippen LogP contribution in [0.5, 0.6) is 0 Å². The van der Waals surface area contributed by atoms with Crippen molar-refractivity contribution in [2.75, 3.05) is 47.5 Å². The van der Waals surface area contributed by atoms with E-state index in [-0.39, 0.29) is 26.1 Å². The van der Waals surface area contributed by atoms with Gasteiger partial charge in [0.1, 0.15) is 19.8 Å². The van der Waals surface area contributed by atoms with Gasteiger partial charge in [-0.25, -0.2) is 0 Å². The summed E-state index contributed by atoms with van der Waals surface area (Å²) in [6, 6.07) is 0. The van der Waals surface area contributed by atoms with Crippen molar-refractivity contribution in [1.82, 2.24) is 0 Å². The molecule has 9 nitrogen and oxygen atoms in total. The molecule has 0 aliphatic carbocycles. The molecule has 1 unspecified atom stereocenters. The first-order valence-electron chi connectivity index (χ1n) is 22.0. The number of quaternary nitrogens is 1. The number of esters is 2. The molecule has 0 amide bonds. The Hall–Kier alpha value is -1.51. The zero-order valence-corrected chi connectivity index (χ0v) is 36.4. The summed E-state index contributed by atoms with van der Waals surface area (Å²) in [7, 11) is 1.16. The van der Waals surface area contributed by atoms with E-state index in [9.17, 15) is 19.0 Å². The first kappa shape index (κ1) is 52.5. The fourth-order valence-electron chi connectivity index (χ4n) is 6.10. The molecule has 0 spiro atoms. The van der Waals surface area contributed by atoms with E-state index in [2.05, 4.69) is 25.7 Å². The molecule has 2 atom stereocenters. The van der Waals surface area contributed by atoms with E-state index >= 15 is 0 Å². The molecule has 0 bridgehead atoms. The number of phosphoric acid groups is 1. The SMILES string of the molecule is C=CCCCCCCCCCCCCCCCC(=O)O[C@H](COC(=O)CCCCCCC/C=C/CCCCCCCC)COP(=O)([O-])OCC[N+](C)(C)C. The zero-order valence-electron chi connectivity index (χ0n) is 35.5. The average molecular weight is 786 g/mol. The van der Waals surface area contributed by atoms with Crippen molar-refractivity contribution in [2.45, 2.75) is 199 Å². The van der Waals surface area contributed by atoms with E-state index < -0.39 is 32.5 Å². The molecule has 0 aromatic rings. The maximum absolute atomic E-state index is 12.7. The van der Waals surface area contributed by atoms with Crippen LogP contribution in [0.2, 0.25) is 0 Å². The Morgan fingerprint density at radius 1 is 0.611 bits per heavy atom. The maximum Gasteiger partial charge on any atom is 0.306 e. The highest BCUT2D eigenvalue weighted by Crippen LogP contribution is 2.38. The second kappa shape index (κ2) is 37.1. The van der Waals surface area contributed by atoms with Gasteiger partial charge in [-0.15, -0.1) is 6.58 Å². The van der Waals surface area contributed by atoms with Crippen LogP contribution in [0.25, 0.3) is 0 Å². The van der Waals surface area contributed by atoms with E-state index in [0.29, 0.717) is 17.4 Å². The van der Waals surface area contributed by atoms with Crippen LogP contribution < -0.4 is 4.89 Å². The molecule has 0 radical (unpaired) electrons. The minimum atomic E-state index is -4.62. The Bertz CT molecular complexity index is 967. The normalized spacial score (nSPS) is 13.6. The van der Waals surface area contributed by atoms with Crippen LogP contribution in [0.3, 0.4) is 0 Å². The summed E-state index contributed by atoms with van der Waals surface area (Å²) < 4.78 is 33.9. The van der Waals surface area contributed by atoms with Crippen LogP contribution in [0.1, 0.15) is 193 Å². The van der Waals surface area contributed by atoms with E-state index in [0.717, 1.165) is 64.2 Å². The van der Waals surface area contributed by atoms with Gasteiger partial charge in [-0.1, -0.05) is 147 Å². The minimum absolute atomic E-state index is 0.0314. The lowest BCUT2D eigenvalue weighted by Gasteiger charge is -2.28. The third-order valence-electron chi connectivity index (χ3n) is 9.59. The molecule has 0 rings (SSSR count). The molecular weight excluding hydrogens is 701 g/mol. The van der Waals surface area contributed by atoms with Crippen LogP contribution in [0.15, 0.2) is 24.8 Å². The van der Waals surface area contributed by atoms with Crippen molar-refractivity contribution in [1.29, 1.82) is 0 Å². The van der Waals surface area contributed by atoms with Gasteiger partial charge in [0.05, 0.1) is 27.7 Å².